The van der Waals surface area contributed by atoms with Crippen molar-refractivity contribution in [1.29, 1.82) is 0 Å². The lowest BCUT2D eigenvalue weighted by Gasteiger charge is -2.07. The molecule has 2 aromatic heterocycles. The number of nitrogen functional groups attached to an aromatic ring is 2. The molecule has 4 rings (SSSR count). The highest BCUT2D eigenvalue weighted by molar-refractivity contribution is 5.83. The molecule has 4 N–H and O–H groups in total. The molecule has 24 heavy (non-hydrogen) atoms. The van der Waals surface area contributed by atoms with E-state index in [9.17, 15) is 0 Å². The third-order valence-electron chi connectivity index (χ3n) is 3.99. The normalized spacial score (nSPS) is 14.0. The first-order valence-electron chi connectivity index (χ1n) is 7.67. The highest BCUT2D eigenvalue weighted by Crippen LogP contribution is 2.26. The maximum atomic E-state index is 5.87. The van der Waals surface area contributed by atoms with Crippen LogP contribution in [0.4, 0.5) is 11.6 Å². The van der Waals surface area contributed by atoms with Crippen LogP contribution in [0.15, 0.2) is 24.3 Å². The number of nitrogens with two attached hydrogens (primary N) is 2. The Morgan fingerprint density at radius 2 is 2.12 bits per heavy atom. The summed E-state index contributed by atoms with van der Waals surface area (Å²) in [4.78, 5) is 8.57. The van der Waals surface area contributed by atoms with Crippen molar-refractivity contribution in [2.45, 2.75) is 19.9 Å². The van der Waals surface area contributed by atoms with Crippen LogP contribution >= 0.6 is 0 Å². The molecule has 0 atom stereocenters. The molecule has 3 heterocycles. The topological polar surface area (TPSA) is 118 Å². The minimum absolute atomic E-state index is 0.172. The molecule has 8 nitrogen and oxygen atoms in total. The Kier molecular flexibility index (Phi) is 3.30. The number of aryl methyl sites for hydroxylation is 1. The molecule has 1 aliphatic rings. The first-order valence-corrected chi connectivity index (χ1v) is 7.67. The molecule has 0 radical (unpaired) electrons. The lowest BCUT2D eigenvalue weighted by atomic mass is 10.1. The van der Waals surface area contributed by atoms with Gasteiger partial charge in [-0.05, 0) is 30.2 Å². The Morgan fingerprint density at radius 1 is 1.25 bits per heavy atom. The molecule has 0 aliphatic carbocycles. The summed E-state index contributed by atoms with van der Waals surface area (Å²) in [5, 5.41) is 8.44. The second-order valence-corrected chi connectivity index (χ2v) is 5.75. The molecule has 8 heteroatoms. The molecule has 3 aromatic rings. The first-order chi connectivity index (χ1) is 11.6. The summed E-state index contributed by atoms with van der Waals surface area (Å²) in [7, 11) is 0. The van der Waals surface area contributed by atoms with E-state index < -0.39 is 0 Å². The molecule has 0 spiro atoms. The fourth-order valence-corrected chi connectivity index (χ4v) is 2.74. The smallest absolute Gasteiger partial charge is 0.222 e. The molecule has 1 aliphatic heterocycles. The molecule has 0 fully saturated rings. The van der Waals surface area contributed by atoms with Gasteiger partial charge in [0.1, 0.15) is 11.5 Å². The minimum Gasteiger partial charge on any atom is -0.491 e. The lowest BCUT2D eigenvalue weighted by Crippen LogP contribution is -2.06. The number of fused-ring (bicyclic) bond motifs is 1. The molecule has 1 aromatic carbocycles. The van der Waals surface area contributed by atoms with Gasteiger partial charge in [-0.2, -0.15) is 4.98 Å². The largest absolute Gasteiger partial charge is 0.491 e. The monoisotopic (exact) mass is 323 g/mol. The zero-order chi connectivity index (χ0) is 16.7. The number of hydrogen-bond donors (Lipinski definition) is 2. The molecule has 0 unspecified atom stereocenters. The van der Waals surface area contributed by atoms with Gasteiger partial charge in [-0.25, -0.2) is 9.67 Å². The van der Waals surface area contributed by atoms with Gasteiger partial charge in [0.2, 0.25) is 5.95 Å². The van der Waals surface area contributed by atoms with Crippen molar-refractivity contribution in [2.24, 2.45) is 0 Å². The van der Waals surface area contributed by atoms with Gasteiger partial charge >= 0.3 is 0 Å². The standard InChI is InChI=1S/C16H17N7O/c1-9-7-10(4-5-11(9)17)8-23-15-14(21-22-23)13(19-16(18)20-15)12-3-2-6-24-12/h3-5,7H,2,6,8,17H2,1H3,(H2,18,19,20). The van der Waals surface area contributed by atoms with E-state index in [2.05, 4.69) is 20.3 Å². The van der Waals surface area contributed by atoms with Gasteiger partial charge < -0.3 is 16.2 Å². The number of benzene rings is 1. The Morgan fingerprint density at radius 3 is 2.88 bits per heavy atom. The zero-order valence-electron chi connectivity index (χ0n) is 13.2. The van der Waals surface area contributed by atoms with Crippen LogP contribution in [0, 0.1) is 6.92 Å². The maximum absolute atomic E-state index is 5.87. The quantitative estimate of drug-likeness (QED) is 0.701. The fourth-order valence-electron chi connectivity index (χ4n) is 2.74. The average molecular weight is 323 g/mol. The Bertz CT molecular complexity index is 960. The van der Waals surface area contributed by atoms with Crippen LogP contribution in [0.2, 0.25) is 0 Å². The number of nitrogens with zero attached hydrogens (tertiary/aromatic N) is 5. The van der Waals surface area contributed by atoms with Crippen LogP contribution in [0.25, 0.3) is 16.9 Å². The highest BCUT2D eigenvalue weighted by atomic mass is 16.5. The van der Waals surface area contributed by atoms with Gasteiger partial charge in [-0.15, -0.1) is 5.10 Å². The van der Waals surface area contributed by atoms with E-state index in [1.54, 1.807) is 4.68 Å². The van der Waals surface area contributed by atoms with E-state index in [4.69, 9.17) is 16.2 Å². The SMILES string of the molecule is Cc1cc(Cn2nnc3c(C4=CCCO4)nc(N)nc32)ccc1N. The summed E-state index contributed by atoms with van der Waals surface area (Å²) in [5.74, 6) is 0.857. The Labute approximate surface area is 138 Å². The highest BCUT2D eigenvalue weighted by Gasteiger charge is 2.20. The van der Waals surface area contributed by atoms with E-state index in [-0.39, 0.29) is 5.95 Å². The third-order valence-corrected chi connectivity index (χ3v) is 3.99. The zero-order valence-corrected chi connectivity index (χ0v) is 13.2. The van der Waals surface area contributed by atoms with Crippen molar-refractivity contribution in [3.63, 3.8) is 0 Å². The predicted octanol–water partition coefficient (Wildman–Crippen LogP) is 1.50. The van der Waals surface area contributed by atoms with Crippen molar-refractivity contribution in [1.82, 2.24) is 25.0 Å². The van der Waals surface area contributed by atoms with Crippen molar-refractivity contribution >= 4 is 28.6 Å². The molecule has 0 amide bonds. The number of anilines is 2. The van der Waals surface area contributed by atoms with E-state index in [0.717, 1.165) is 23.2 Å². The fraction of sp³-hybridized carbons (Fsp3) is 0.250. The van der Waals surface area contributed by atoms with Crippen LogP contribution in [0.3, 0.4) is 0 Å². The van der Waals surface area contributed by atoms with Gasteiger partial charge in [-0.3, -0.25) is 0 Å². The van der Waals surface area contributed by atoms with Gasteiger partial charge in [0.05, 0.1) is 13.2 Å². The van der Waals surface area contributed by atoms with Crippen LogP contribution < -0.4 is 11.5 Å². The van der Waals surface area contributed by atoms with Crippen molar-refractivity contribution < 1.29 is 4.74 Å². The van der Waals surface area contributed by atoms with Crippen LogP contribution in [-0.4, -0.2) is 31.6 Å². The summed E-state index contributed by atoms with van der Waals surface area (Å²) >= 11 is 0. The molecule has 0 saturated heterocycles. The number of hydrogen-bond acceptors (Lipinski definition) is 7. The van der Waals surface area contributed by atoms with E-state index >= 15 is 0 Å². The van der Waals surface area contributed by atoms with Crippen LogP contribution in [0.5, 0.6) is 0 Å². The summed E-state index contributed by atoms with van der Waals surface area (Å²) in [6.07, 6.45) is 2.82. The second-order valence-electron chi connectivity index (χ2n) is 5.75. The maximum Gasteiger partial charge on any atom is 0.222 e. The number of rotatable bonds is 3. The van der Waals surface area contributed by atoms with Crippen molar-refractivity contribution in [3.8, 4) is 0 Å². The summed E-state index contributed by atoms with van der Waals surface area (Å²) in [6.45, 7) is 3.13. The van der Waals surface area contributed by atoms with Crippen LogP contribution in [-0.2, 0) is 11.3 Å². The second kappa shape index (κ2) is 5.48. The molecular weight excluding hydrogens is 306 g/mol. The van der Waals surface area contributed by atoms with E-state index in [1.807, 2.05) is 31.2 Å². The lowest BCUT2D eigenvalue weighted by molar-refractivity contribution is 0.306. The Balaban J connectivity index is 1.78. The Hall–Kier alpha value is -3.16. The molecule has 0 saturated carbocycles. The van der Waals surface area contributed by atoms with Crippen molar-refractivity contribution in [3.05, 3.63) is 41.1 Å². The summed E-state index contributed by atoms with van der Waals surface area (Å²) in [5.41, 5.74) is 16.4. The molecule has 0 bridgehead atoms. The number of ether oxygens (including phenoxy) is 1. The van der Waals surface area contributed by atoms with E-state index in [1.165, 1.54) is 0 Å². The average Bonchev–Trinajstić information content (AvgIpc) is 3.21. The summed E-state index contributed by atoms with van der Waals surface area (Å²) < 4.78 is 7.29. The van der Waals surface area contributed by atoms with Gasteiger partial charge in [0.25, 0.3) is 0 Å². The predicted molar refractivity (Wildman–Crippen MR) is 90.8 cm³/mol. The van der Waals surface area contributed by atoms with Gasteiger partial charge in [0, 0.05) is 12.1 Å². The summed E-state index contributed by atoms with van der Waals surface area (Å²) in [6, 6.07) is 5.87. The third kappa shape index (κ3) is 2.41. The first kappa shape index (κ1) is 14.4. The molecule has 122 valence electrons. The van der Waals surface area contributed by atoms with Gasteiger partial charge in [-0.1, -0.05) is 17.3 Å². The van der Waals surface area contributed by atoms with E-state index in [0.29, 0.717) is 35.8 Å². The number of aromatic nitrogens is 5. The molecular formula is C16H17N7O. The van der Waals surface area contributed by atoms with Gasteiger partial charge in [0.15, 0.2) is 11.2 Å². The van der Waals surface area contributed by atoms with Crippen molar-refractivity contribution in [2.75, 3.05) is 18.1 Å². The minimum atomic E-state index is 0.172. The van der Waals surface area contributed by atoms with Crippen LogP contribution in [0.1, 0.15) is 23.2 Å².